The highest BCUT2D eigenvalue weighted by molar-refractivity contribution is 6.28. The van der Waals surface area contributed by atoms with Gasteiger partial charge in [0.05, 0.1) is 6.54 Å². The quantitative estimate of drug-likeness (QED) is 0.762. The van der Waals surface area contributed by atoms with Gasteiger partial charge in [0.25, 0.3) is 0 Å². The first-order chi connectivity index (χ1) is 8.00. The first-order valence-corrected chi connectivity index (χ1v) is 6.59. The molecular weight excluding hydrogens is 236 g/mol. The highest BCUT2D eigenvalue weighted by Crippen LogP contribution is 2.12. The second-order valence-corrected chi connectivity index (χ2v) is 5.18. The average molecular weight is 259 g/mol. The van der Waals surface area contributed by atoms with E-state index in [4.69, 9.17) is 16.0 Å². The summed E-state index contributed by atoms with van der Waals surface area (Å²) in [5.41, 5.74) is 0. The lowest BCUT2D eigenvalue weighted by Gasteiger charge is -2.30. The summed E-state index contributed by atoms with van der Waals surface area (Å²) in [5.74, 6) is 0.885. The van der Waals surface area contributed by atoms with Crippen molar-refractivity contribution in [3.63, 3.8) is 0 Å². The zero-order valence-electron chi connectivity index (χ0n) is 11.2. The maximum absolute atomic E-state index is 5.70. The van der Waals surface area contributed by atoms with Crippen molar-refractivity contribution >= 4 is 11.6 Å². The van der Waals surface area contributed by atoms with Crippen molar-refractivity contribution in [1.82, 2.24) is 10.2 Å². The van der Waals surface area contributed by atoms with Gasteiger partial charge in [-0.2, -0.15) is 0 Å². The third kappa shape index (κ3) is 5.11. The molecule has 0 aromatic carbocycles. The molecular formula is C13H23ClN2O. The molecule has 0 amide bonds. The Balaban J connectivity index is 2.23. The molecule has 0 aliphatic heterocycles. The van der Waals surface area contributed by atoms with Crippen molar-refractivity contribution in [1.29, 1.82) is 0 Å². The molecule has 1 heterocycles. The van der Waals surface area contributed by atoms with E-state index in [9.17, 15) is 0 Å². The summed E-state index contributed by atoms with van der Waals surface area (Å²) in [6, 6.07) is 4.83. The number of halogens is 1. The van der Waals surface area contributed by atoms with Gasteiger partial charge in [0.1, 0.15) is 5.76 Å². The molecule has 0 saturated heterocycles. The summed E-state index contributed by atoms with van der Waals surface area (Å²) in [4.78, 5) is 2.46. The molecule has 0 aliphatic rings. The van der Waals surface area contributed by atoms with E-state index in [1.54, 1.807) is 6.07 Å². The number of nitrogens with one attached hydrogen (secondary N) is 1. The van der Waals surface area contributed by atoms with Crippen molar-refractivity contribution in [3.05, 3.63) is 23.1 Å². The summed E-state index contributed by atoms with van der Waals surface area (Å²) in [6.07, 6.45) is 0. The van der Waals surface area contributed by atoms with E-state index in [-0.39, 0.29) is 0 Å². The van der Waals surface area contributed by atoms with Gasteiger partial charge in [0.2, 0.25) is 0 Å². The third-order valence-corrected chi connectivity index (χ3v) is 3.00. The van der Waals surface area contributed by atoms with Crippen LogP contribution < -0.4 is 5.32 Å². The van der Waals surface area contributed by atoms with Crippen LogP contribution in [0.2, 0.25) is 5.22 Å². The van der Waals surface area contributed by atoms with E-state index in [0.717, 1.165) is 25.4 Å². The van der Waals surface area contributed by atoms with E-state index in [1.807, 2.05) is 6.07 Å². The van der Waals surface area contributed by atoms with Gasteiger partial charge in [-0.15, -0.1) is 0 Å². The Bertz CT molecular complexity index is 315. The van der Waals surface area contributed by atoms with Gasteiger partial charge in [-0.1, -0.05) is 0 Å². The van der Waals surface area contributed by atoms with E-state index in [0.29, 0.717) is 17.3 Å². The van der Waals surface area contributed by atoms with Gasteiger partial charge in [-0.05, 0) is 51.4 Å². The molecule has 0 radical (unpaired) electrons. The maximum Gasteiger partial charge on any atom is 0.193 e. The predicted octanol–water partition coefficient (Wildman–Crippen LogP) is 3.14. The Morgan fingerprint density at radius 2 is 1.88 bits per heavy atom. The molecule has 1 rings (SSSR count). The Morgan fingerprint density at radius 3 is 2.35 bits per heavy atom. The molecule has 0 saturated carbocycles. The second-order valence-electron chi connectivity index (χ2n) is 4.81. The monoisotopic (exact) mass is 258 g/mol. The standard InChI is InChI=1S/C13H23ClN2O/c1-10(2)16(11(3)4)8-7-15-9-12-5-6-13(14)17-12/h5-6,10-11,15H,7-9H2,1-4H3. The fourth-order valence-electron chi connectivity index (χ4n) is 1.98. The number of hydrogen-bond acceptors (Lipinski definition) is 3. The zero-order valence-corrected chi connectivity index (χ0v) is 11.9. The topological polar surface area (TPSA) is 28.4 Å². The molecule has 0 atom stereocenters. The molecule has 0 spiro atoms. The Morgan fingerprint density at radius 1 is 1.24 bits per heavy atom. The van der Waals surface area contributed by atoms with Crippen molar-refractivity contribution in [2.24, 2.45) is 0 Å². The second kappa shape index (κ2) is 7.04. The Kier molecular flexibility index (Phi) is 6.03. The Hall–Kier alpha value is -0.510. The molecule has 0 fully saturated rings. The average Bonchev–Trinajstić information content (AvgIpc) is 2.62. The van der Waals surface area contributed by atoms with Crippen LogP contribution in [0.3, 0.4) is 0 Å². The summed E-state index contributed by atoms with van der Waals surface area (Å²) in [5, 5.41) is 3.81. The summed E-state index contributed by atoms with van der Waals surface area (Å²) < 4.78 is 5.27. The SMILES string of the molecule is CC(C)N(CCNCc1ccc(Cl)o1)C(C)C. The van der Waals surface area contributed by atoms with Crippen LogP contribution in [0.15, 0.2) is 16.5 Å². The lowest BCUT2D eigenvalue weighted by atomic mass is 10.2. The number of hydrogen-bond donors (Lipinski definition) is 1. The van der Waals surface area contributed by atoms with E-state index in [2.05, 4.69) is 37.9 Å². The molecule has 0 unspecified atom stereocenters. The van der Waals surface area contributed by atoms with Crippen LogP contribution in [-0.4, -0.2) is 30.1 Å². The smallest absolute Gasteiger partial charge is 0.193 e. The first kappa shape index (κ1) is 14.6. The van der Waals surface area contributed by atoms with Crippen molar-refractivity contribution < 1.29 is 4.42 Å². The van der Waals surface area contributed by atoms with Crippen LogP contribution in [0.5, 0.6) is 0 Å². The number of rotatable bonds is 7. The minimum atomic E-state index is 0.452. The van der Waals surface area contributed by atoms with Crippen LogP contribution in [0, 0.1) is 0 Å². The molecule has 1 aromatic rings. The lowest BCUT2D eigenvalue weighted by molar-refractivity contribution is 0.175. The molecule has 0 aliphatic carbocycles. The number of furan rings is 1. The van der Waals surface area contributed by atoms with E-state index in [1.165, 1.54) is 0 Å². The number of nitrogens with zero attached hydrogens (tertiary/aromatic N) is 1. The van der Waals surface area contributed by atoms with Crippen LogP contribution in [0.25, 0.3) is 0 Å². The molecule has 3 nitrogen and oxygen atoms in total. The normalized spacial score (nSPS) is 12.0. The molecule has 1 N–H and O–H groups in total. The minimum Gasteiger partial charge on any atom is -0.448 e. The largest absolute Gasteiger partial charge is 0.448 e. The van der Waals surface area contributed by atoms with Gasteiger partial charge in [0, 0.05) is 25.2 Å². The lowest BCUT2D eigenvalue weighted by Crippen LogP contribution is -2.41. The van der Waals surface area contributed by atoms with E-state index >= 15 is 0 Å². The summed E-state index contributed by atoms with van der Waals surface area (Å²) >= 11 is 5.70. The highest BCUT2D eigenvalue weighted by atomic mass is 35.5. The van der Waals surface area contributed by atoms with Crippen LogP contribution in [-0.2, 0) is 6.54 Å². The predicted molar refractivity (Wildman–Crippen MR) is 72.4 cm³/mol. The molecule has 1 aromatic heterocycles. The van der Waals surface area contributed by atoms with Gasteiger partial charge >= 0.3 is 0 Å². The fraction of sp³-hybridized carbons (Fsp3) is 0.692. The summed E-state index contributed by atoms with van der Waals surface area (Å²) in [6.45, 7) is 11.6. The summed E-state index contributed by atoms with van der Waals surface area (Å²) in [7, 11) is 0. The van der Waals surface area contributed by atoms with Gasteiger partial charge in [-0.25, -0.2) is 0 Å². The van der Waals surface area contributed by atoms with E-state index < -0.39 is 0 Å². The van der Waals surface area contributed by atoms with Gasteiger partial charge in [-0.3, -0.25) is 4.90 Å². The molecule has 17 heavy (non-hydrogen) atoms. The van der Waals surface area contributed by atoms with Gasteiger partial charge < -0.3 is 9.73 Å². The highest BCUT2D eigenvalue weighted by Gasteiger charge is 2.12. The molecule has 98 valence electrons. The third-order valence-electron chi connectivity index (χ3n) is 2.80. The molecule has 0 bridgehead atoms. The first-order valence-electron chi connectivity index (χ1n) is 6.21. The maximum atomic E-state index is 5.70. The minimum absolute atomic E-state index is 0.452. The van der Waals surface area contributed by atoms with Crippen LogP contribution in [0.1, 0.15) is 33.5 Å². The van der Waals surface area contributed by atoms with Crippen molar-refractivity contribution in [2.75, 3.05) is 13.1 Å². The van der Waals surface area contributed by atoms with Crippen LogP contribution in [0.4, 0.5) is 0 Å². The fourth-order valence-corrected chi connectivity index (χ4v) is 2.14. The molecule has 4 heteroatoms. The van der Waals surface area contributed by atoms with Crippen molar-refractivity contribution in [3.8, 4) is 0 Å². The Labute approximate surface area is 109 Å². The van der Waals surface area contributed by atoms with Gasteiger partial charge in [0.15, 0.2) is 5.22 Å². The van der Waals surface area contributed by atoms with Crippen molar-refractivity contribution in [2.45, 2.75) is 46.3 Å². The van der Waals surface area contributed by atoms with Crippen LogP contribution >= 0.6 is 11.6 Å². The zero-order chi connectivity index (χ0) is 12.8.